The van der Waals surface area contributed by atoms with Crippen LogP contribution in [0.5, 0.6) is 0 Å². The van der Waals surface area contributed by atoms with E-state index in [9.17, 15) is 29.6 Å². The summed E-state index contributed by atoms with van der Waals surface area (Å²) in [4.78, 5) is 51.1. The van der Waals surface area contributed by atoms with Gasteiger partial charge in [0.25, 0.3) is 5.56 Å². The third kappa shape index (κ3) is 8.40. The van der Waals surface area contributed by atoms with Crippen LogP contribution < -0.4 is 21.5 Å². The van der Waals surface area contributed by atoms with Gasteiger partial charge >= 0.3 is 19.6 Å². The van der Waals surface area contributed by atoms with Crippen molar-refractivity contribution in [3.05, 3.63) is 27.1 Å². The van der Waals surface area contributed by atoms with E-state index in [0.29, 0.717) is 25.7 Å². The number of anilines is 1. The molecule has 2 saturated carbocycles. The van der Waals surface area contributed by atoms with E-state index < -0.39 is 68.1 Å². The fourth-order valence-corrected chi connectivity index (χ4v) is 8.02. The fourth-order valence-electron chi connectivity index (χ4n) is 6.20. The maximum atomic E-state index is 15.8. The number of hydrogen-bond acceptors (Lipinski definition) is 13. The number of aromatic nitrogens is 4. The highest BCUT2D eigenvalue weighted by molar-refractivity contribution is 7.54. The zero-order valence-corrected chi connectivity index (χ0v) is 28.1. The van der Waals surface area contributed by atoms with Gasteiger partial charge in [0.15, 0.2) is 23.6 Å². The van der Waals surface area contributed by atoms with Crippen molar-refractivity contribution in [3.8, 4) is 0 Å². The van der Waals surface area contributed by atoms with Crippen LogP contribution in [0.1, 0.15) is 84.3 Å². The van der Waals surface area contributed by atoms with E-state index in [-0.39, 0.29) is 29.3 Å². The van der Waals surface area contributed by atoms with Crippen molar-refractivity contribution in [3.63, 3.8) is 0 Å². The molecular formula is C28H42FN10O9P. The first kappa shape index (κ1) is 36.6. The summed E-state index contributed by atoms with van der Waals surface area (Å²) in [5.41, 5.74) is 11.4. The zero-order chi connectivity index (χ0) is 35.3. The van der Waals surface area contributed by atoms with Gasteiger partial charge in [-0.15, -0.1) is 0 Å². The quantitative estimate of drug-likeness (QED) is 0.0657. The lowest BCUT2D eigenvalue weighted by Crippen LogP contribution is -2.47. The van der Waals surface area contributed by atoms with Crippen LogP contribution in [-0.4, -0.2) is 85.5 Å². The average Bonchev–Trinajstić information content (AvgIpc) is 3.59. The second kappa shape index (κ2) is 15.5. The maximum Gasteiger partial charge on any atom is 0.342 e. The zero-order valence-electron chi connectivity index (χ0n) is 27.2. The second-order valence-electron chi connectivity index (χ2n) is 12.6. The third-order valence-corrected chi connectivity index (χ3v) is 10.8. The van der Waals surface area contributed by atoms with Crippen LogP contribution >= 0.6 is 7.67 Å². The van der Waals surface area contributed by atoms with Crippen molar-refractivity contribution >= 4 is 36.7 Å². The Morgan fingerprint density at radius 1 is 1.16 bits per heavy atom. The number of nitrogens with zero attached hydrogens (tertiary/aromatic N) is 6. The molecule has 6 N–H and O–H groups in total. The monoisotopic (exact) mass is 712 g/mol. The Kier molecular flexibility index (Phi) is 11.6. The number of carbonyl (C=O) groups excluding carboxylic acids is 2. The molecule has 3 aliphatic rings. The number of imidazole rings is 1. The van der Waals surface area contributed by atoms with Crippen LogP contribution in [0.4, 0.5) is 10.3 Å². The number of carbonyl (C=O) groups is 2. The molecule has 6 atom stereocenters. The first-order valence-corrected chi connectivity index (χ1v) is 18.0. The van der Waals surface area contributed by atoms with E-state index in [2.05, 4.69) is 35.2 Å². The maximum absolute atomic E-state index is 15.8. The molecular weight excluding hydrogens is 670 g/mol. The molecule has 3 heterocycles. The molecule has 5 rings (SSSR count). The number of aliphatic hydroxyl groups excluding tert-OH is 1. The summed E-state index contributed by atoms with van der Waals surface area (Å²) in [5, 5.41) is 19.6. The molecule has 49 heavy (non-hydrogen) atoms. The number of H-pyrrole nitrogens is 1. The molecule has 1 aliphatic heterocycles. The summed E-state index contributed by atoms with van der Waals surface area (Å²) in [7, 11) is -4.53. The van der Waals surface area contributed by atoms with Crippen LogP contribution in [-0.2, 0) is 32.9 Å². The van der Waals surface area contributed by atoms with Gasteiger partial charge in [-0.1, -0.05) is 18.0 Å². The van der Waals surface area contributed by atoms with E-state index in [4.69, 9.17) is 24.5 Å². The molecule has 2 aromatic rings. The lowest BCUT2D eigenvalue weighted by Gasteiger charge is -2.32. The van der Waals surface area contributed by atoms with Gasteiger partial charge in [0.05, 0.1) is 12.9 Å². The molecule has 3 fully saturated rings. The summed E-state index contributed by atoms with van der Waals surface area (Å²) in [6.07, 6.45) is 2.54. The van der Waals surface area contributed by atoms with Crippen LogP contribution in [0.15, 0.2) is 16.2 Å². The third-order valence-electron chi connectivity index (χ3n) is 8.86. The van der Waals surface area contributed by atoms with Crippen molar-refractivity contribution in [1.29, 1.82) is 0 Å². The Morgan fingerprint density at radius 2 is 1.71 bits per heavy atom. The fraction of sp³-hybridized carbons (Fsp3) is 0.750. The van der Waals surface area contributed by atoms with Gasteiger partial charge in [0.1, 0.15) is 30.4 Å². The number of rotatable bonds is 13. The largest absolute Gasteiger partial charge is 0.461 e. The van der Waals surface area contributed by atoms with Gasteiger partial charge in [0.2, 0.25) is 11.7 Å². The molecule has 0 amide bonds. The number of nitrogens with one attached hydrogen (secondary N) is 3. The van der Waals surface area contributed by atoms with Crippen LogP contribution in [0.2, 0.25) is 0 Å². The lowest BCUT2D eigenvalue weighted by molar-refractivity contribution is -0.152. The normalized spacial score (nSPS) is 26.6. The number of hydrogen-bond donors (Lipinski definition) is 5. The molecule has 1 saturated heterocycles. The minimum atomic E-state index is -4.53. The van der Waals surface area contributed by atoms with E-state index in [1.807, 2.05) is 0 Å². The molecule has 0 unspecified atom stereocenters. The number of azide groups is 1. The molecule has 270 valence electrons. The Balaban J connectivity index is 1.37. The summed E-state index contributed by atoms with van der Waals surface area (Å²) >= 11 is 0. The minimum Gasteiger partial charge on any atom is -0.461 e. The van der Waals surface area contributed by atoms with Gasteiger partial charge in [-0.2, -0.15) is 4.98 Å². The molecule has 0 spiro atoms. The smallest absolute Gasteiger partial charge is 0.342 e. The van der Waals surface area contributed by atoms with Crippen molar-refractivity contribution in [2.45, 2.75) is 127 Å². The Labute approximate surface area is 280 Å². The Hall–Kier alpha value is -3.64. The number of aromatic amines is 1. The van der Waals surface area contributed by atoms with E-state index in [0.717, 1.165) is 49.4 Å². The van der Waals surface area contributed by atoms with E-state index in [1.54, 1.807) is 0 Å². The molecule has 19 nitrogen and oxygen atoms in total. The molecule has 0 radical (unpaired) electrons. The Bertz CT molecular complexity index is 1610. The first-order chi connectivity index (χ1) is 23.3. The summed E-state index contributed by atoms with van der Waals surface area (Å²) in [5.74, 6) is -1.76. The van der Waals surface area contributed by atoms with Crippen molar-refractivity contribution < 1.29 is 42.4 Å². The number of halogens is 1. The number of esters is 2. The minimum absolute atomic E-state index is 0.191. The highest BCUT2D eigenvalue weighted by Crippen LogP contribution is 2.46. The van der Waals surface area contributed by atoms with Gasteiger partial charge in [-0.3, -0.25) is 28.5 Å². The molecule has 2 aliphatic carbocycles. The molecule has 2 aromatic heterocycles. The Morgan fingerprint density at radius 3 is 2.24 bits per heavy atom. The van der Waals surface area contributed by atoms with Gasteiger partial charge in [-0.05, 0) is 70.7 Å². The summed E-state index contributed by atoms with van der Waals surface area (Å²) < 4.78 is 53.7. The standard InChI is InChI=1S/C28H42FN10O9P/c1-15(25(42)46-17-9-5-3-6-10-17)35-49(44,36-16(2)26(43)47-18-11-7-4-8-12-18)45-13-28(37-38-31)21(40)19(29)24(48-28)39-14-32-20-22(39)33-27(30)34-23(20)41/h14-19,21,24,40H,3-13H2,1-2H3,(H2,35,36,44)(H3,30,33,34,41)/t15-,16-,19+,21-,24+,28+/m0/s1. The van der Waals surface area contributed by atoms with Crippen molar-refractivity contribution in [2.24, 2.45) is 5.11 Å². The van der Waals surface area contributed by atoms with Crippen LogP contribution in [0.25, 0.3) is 21.6 Å². The molecule has 21 heteroatoms. The SMILES string of the molecule is C[C@H](NP(=O)(N[C@@H](C)C(=O)OC1CCCCC1)OC[C@@]1(N=[N+]=[N-])O[C@@H](n2cnc3c(=O)[nH]c(N)nc32)[C@H](F)[C@@H]1O)C(=O)OC1CCCCC1. The first-order valence-electron chi connectivity index (χ1n) is 16.3. The van der Waals surface area contributed by atoms with Gasteiger partial charge in [-0.25, -0.2) is 19.5 Å². The topological polar surface area (TPSA) is 271 Å². The molecule has 0 bridgehead atoms. The van der Waals surface area contributed by atoms with Gasteiger partial charge in [0, 0.05) is 4.91 Å². The van der Waals surface area contributed by atoms with E-state index >= 15 is 4.39 Å². The lowest BCUT2D eigenvalue weighted by atomic mass is 9.98. The number of alkyl halides is 1. The number of ether oxygens (including phenoxy) is 3. The summed E-state index contributed by atoms with van der Waals surface area (Å²) in [6, 6.07) is -2.47. The van der Waals surface area contributed by atoms with Gasteiger partial charge < -0.3 is 29.6 Å². The highest BCUT2D eigenvalue weighted by atomic mass is 31.2. The van der Waals surface area contributed by atoms with Crippen molar-refractivity contribution in [1.82, 2.24) is 29.7 Å². The van der Waals surface area contributed by atoms with E-state index in [1.165, 1.54) is 13.8 Å². The number of nitrogens with two attached hydrogens (primary N) is 1. The average molecular weight is 713 g/mol. The highest BCUT2D eigenvalue weighted by Gasteiger charge is 2.57. The van der Waals surface area contributed by atoms with Crippen LogP contribution in [0, 0.1) is 0 Å². The second-order valence-corrected chi connectivity index (χ2v) is 14.5. The number of nitrogen functional groups attached to an aromatic ring is 1. The van der Waals surface area contributed by atoms with Crippen LogP contribution in [0.3, 0.4) is 0 Å². The predicted molar refractivity (Wildman–Crippen MR) is 170 cm³/mol. The molecule has 0 aromatic carbocycles. The number of aliphatic hydroxyl groups is 1. The summed E-state index contributed by atoms with van der Waals surface area (Å²) in [6.45, 7) is 1.73. The van der Waals surface area contributed by atoms with Crippen molar-refractivity contribution in [2.75, 3.05) is 12.3 Å². The predicted octanol–water partition coefficient (Wildman–Crippen LogP) is 2.77. The number of fused-ring (bicyclic) bond motifs is 1.